The Morgan fingerprint density at radius 3 is 2.47 bits per heavy atom. The van der Waals surface area contributed by atoms with E-state index in [0.717, 1.165) is 17.7 Å². The molecule has 0 radical (unpaired) electrons. The summed E-state index contributed by atoms with van der Waals surface area (Å²) in [5.41, 5.74) is 0.0651. The summed E-state index contributed by atoms with van der Waals surface area (Å²) >= 11 is 0. The number of carbonyl (C=O) groups is 1. The van der Waals surface area contributed by atoms with Gasteiger partial charge in [0.05, 0.1) is 12.2 Å². The molecule has 1 aromatic rings. The van der Waals surface area contributed by atoms with Crippen molar-refractivity contribution < 1.29 is 23.1 Å². The maximum absolute atomic E-state index is 12.4. The van der Waals surface area contributed by atoms with E-state index in [2.05, 4.69) is 5.32 Å². The molecule has 1 aliphatic rings. The largest absolute Gasteiger partial charge is 0.416 e. The minimum atomic E-state index is -4.33. The van der Waals surface area contributed by atoms with Crippen LogP contribution in [0.15, 0.2) is 24.3 Å². The Balaban J connectivity index is 1.96. The van der Waals surface area contributed by atoms with Crippen LogP contribution in [0.25, 0.3) is 0 Å². The van der Waals surface area contributed by atoms with Crippen LogP contribution in [0.2, 0.25) is 0 Å². The molecule has 1 aromatic carbocycles. The van der Waals surface area contributed by atoms with Crippen LogP contribution in [0.5, 0.6) is 0 Å². The van der Waals surface area contributed by atoms with Crippen LogP contribution >= 0.6 is 0 Å². The molecule has 0 spiro atoms. The van der Waals surface area contributed by atoms with Gasteiger partial charge in [0.1, 0.15) is 0 Å². The zero-order valence-corrected chi connectivity index (χ0v) is 10.1. The maximum Gasteiger partial charge on any atom is 0.416 e. The predicted molar refractivity (Wildman–Crippen MR) is 62.4 cm³/mol. The van der Waals surface area contributed by atoms with Crippen molar-refractivity contribution in [1.82, 2.24) is 5.32 Å². The summed E-state index contributed by atoms with van der Waals surface area (Å²) in [6.45, 7) is 0.0818. The first-order valence-electron chi connectivity index (χ1n) is 5.99. The van der Waals surface area contributed by atoms with E-state index in [1.54, 1.807) is 0 Å². The van der Waals surface area contributed by atoms with Crippen LogP contribution in [0.1, 0.15) is 23.5 Å². The number of carbonyl (C=O) groups excluding carboxylic acids is 1. The maximum atomic E-state index is 12.4. The first-order chi connectivity index (χ1) is 8.93. The van der Waals surface area contributed by atoms with Gasteiger partial charge in [-0.05, 0) is 30.0 Å². The van der Waals surface area contributed by atoms with E-state index in [1.165, 1.54) is 12.1 Å². The van der Waals surface area contributed by atoms with Gasteiger partial charge >= 0.3 is 6.18 Å². The Morgan fingerprint density at radius 1 is 1.32 bits per heavy atom. The zero-order valence-electron chi connectivity index (χ0n) is 10.1. The average molecular weight is 273 g/mol. The molecule has 0 bridgehead atoms. The molecule has 2 N–H and O–H groups in total. The van der Waals surface area contributed by atoms with E-state index < -0.39 is 11.7 Å². The first kappa shape index (κ1) is 13.9. The van der Waals surface area contributed by atoms with Gasteiger partial charge in [-0.25, -0.2) is 0 Å². The van der Waals surface area contributed by atoms with Gasteiger partial charge in [-0.2, -0.15) is 13.2 Å². The molecule has 3 nitrogen and oxygen atoms in total. The smallest absolute Gasteiger partial charge is 0.395 e. The molecule has 2 unspecified atom stereocenters. The van der Waals surface area contributed by atoms with E-state index in [0.29, 0.717) is 6.42 Å². The topological polar surface area (TPSA) is 49.3 Å². The number of benzene rings is 1. The predicted octanol–water partition coefficient (Wildman–Crippen LogP) is 1.92. The molecule has 6 heteroatoms. The molecule has 0 aromatic heterocycles. The summed E-state index contributed by atoms with van der Waals surface area (Å²) in [5, 5.41) is 11.1. The SMILES string of the molecule is O=C(NCCO)C1CC1c1ccc(C(F)(F)F)cc1. The number of aliphatic hydroxyl groups excluding tert-OH is 1. The molecular formula is C13H14F3NO2. The second kappa shape index (κ2) is 5.21. The van der Waals surface area contributed by atoms with Crippen molar-refractivity contribution >= 4 is 5.91 Å². The molecule has 1 fully saturated rings. The van der Waals surface area contributed by atoms with Gasteiger partial charge in [0, 0.05) is 12.5 Å². The summed E-state index contributed by atoms with van der Waals surface area (Å²) in [7, 11) is 0. The van der Waals surface area contributed by atoms with E-state index in [9.17, 15) is 18.0 Å². The van der Waals surface area contributed by atoms with Crippen molar-refractivity contribution in [2.45, 2.75) is 18.5 Å². The Kier molecular flexibility index (Phi) is 3.80. The molecule has 104 valence electrons. The third-order valence-electron chi connectivity index (χ3n) is 3.20. The molecule has 1 aliphatic carbocycles. The number of aliphatic hydroxyl groups is 1. The number of halogens is 3. The van der Waals surface area contributed by atoms with Gasteiger partial charge < -0.3 is 10.4 Å². The molecule has 0 aliphatic heterocycles. The highest BCUT2D eigenvalue weighted by Gasteiger charge is 2.44. The highest BCUT2D eigenvalue weighted by molar-refractivity contribution is 5.82. The lowest BCUT2D eigenvalue weighted by atomic mass is 10.1. The summed E-state index contributed by atoms with van der Waals surface area (Å²) in [4.78, 5) is 11.6. The first-order valence-corrected chi connectivity index (χ1v) is 5.99. The standard InChI is InChI=1S/C13H14F3NO2/c14-13(15,16)9-3-1-8(2-4-9)10-7-11(10)12(19)17-5-6-18/h1-4,10-11,18H,5-7H2,(H,17,19). The fourth-order valence-corrected chi connectivity index (χ4v) is 2.08. The van der Waals surface area contributed by atoms with Crippen molar-refractivity contribution in [3.63, 3.8) is 0 Å². The summed E-state index contributed by atoms with van der Waals surface area (Å²) in [5.74, 6) is -0.358. The van der Waals surface area contributed by atoms with Crippen molar-refractivity contribution in [1.29, 1.82) is 0 Å². The summed E-state index contributed by atoms with van der Waals surface area (Å²) < 4.78 is 37.2. The van der Waals surface area contributed by atoms with Crippen LogP contribution < -0.4 is 5.32 Å². The number of hydrogen-bond donors (Lipinski definition) is 2. The van der Waals surface area contributed by atoms with Gasteiger partial charge in [0.2, 0.25) is 5.91 Å². The number of rotatable bonds is 4. The van der Waals surface area contributed by atoms with Crippen molar-refractivity contribution in [3.05, 3.63) is 35.4 Å². The minimum Gasteiger partial charge on any atom is -0.395 e. The van der Waals surface area contributed by atoms with E-state index in [4.69, 9.17) is 5.11 Å². The number of hydrogen-bond acceptors (Lipinski definition) is 2. The van der Waals surface area contributed by atoms with Gasteiger partial charge in [-0.15, -0.1) is 0 Å². The van der Waals surface area contributed by atoms with Crippen LogP contribution in [0, 0.1) is 5.92 Å². The highest BCUT2D eigenvalue weighted by atomic mass is 19.4. The molecule has 1 saturated carbocycles. The molecule has 2 atom stereocenters. The number of amides is 1. The normalized spacial score (nSPS) is 22.1. The highest BCUT2D eigenvalue weighted by Crippen LogP contribution is 2.47. The number of nitrogens with one attached hydrogen (secondary N) is 1. The molecule has 0 heterocycles. The van der Waals surface area contributed by atoms with Crippen LogP contribution in [0.3, 0.4) is 0 Å². The van der Waals surface area contributed by atoms with Crippen LogP contribution in [-0.2, 0) is 11.0 Å². The summed E-state index contributed by atoms with van der Waals surface area (Å²) in [6, 6.07) is 4.92. The minimum absolute atomic E-state index is 0.0130. The lowest BCUT2D eigenvalue weighted by Crippen LogP contribution is -2.28. The third-order valence-corrected chi connectivity index (χ3v) is 3.20. The Morgan fingerprint density at radius 2 is 1.95 bits per heavy atom. The fraction of sp³-hybridized carbons (Fsp3) is 0.462. The van der Waals surface area contributed by atoms with Gasteiger partial charge in [-0.3, -0.25) is 4.79 Å². The van der Waals surface area contributed by atoms with E-state index in [-0.39, 0.29) is 30.9 Å². The monoisotopic (exact) mass is 273 g/mol. The Labute approximate surface area is 108 Å². The second-order valence-electron chi connectivity index (χ2n) is 4.58. The third kappa shape index (κ3) is 3.26. The van der Waals surface area contributed by atoms with Gasteiger partial charge in [-0.1, -0.05) is 12.1 Å². The molecule has 1 amide bonds. The van der Waals surface area contributed by atoms with Crippen molar-refractivity contribution in [3.8, 4) is 0 Å². The Hall–Kier alpha value is -1.56. The molecular weight excluding hydrogens is 259 g/mol. The van der Waals surface area contributed by atoms with Gasteiger partial charge in [0.15, 0.2) is 0 Å². The zero-order chi connectivity index (χ0) is 14.0. The van der Waals surface area contributed by atoms with Crippen LogP contribution in [-0.4, -0.2) is 24.2 Å². The van der Waals surface area contributed by atoms with Gasteiger partial charge in [0.25, 0.3) is 0 Å². The van der Waals surface area contributed by atoms with Crippen LogP contribution in [0.4, 0.5) is 13.2 Å². The van der Waals surface area contributed by atoms with E-state index >= 15 is 0 Å². The quantitative estimate of drug-likeness (QED) is 0.880. The second-order valence-corrected chi connectivity index (χ2v) is 4.58. The van der Waals surface area contributed by atoms with Crippen molar-refractivity contribution in [2.75, 3.05) is 13.2 Å². The summed E-state index contributed by atoms with van der Waals surface area (Å²) in [6.07, 6.45) is -3.69. The molecule has 19 heavy (non-hydrogen) atoms. The molecule has 2 rings (SSSR count). The number of alkyl halides is 3. The van der Waals surface area contributed by atoms with Crippen molar-refractivity contribution in [2.24, 2.45) is 5.92 Å². The molecule has 0 saturated heterocycles. The average Bonchev–Trinajstić information content (AvgIpc) is 3.15. The van der Waals surface area contributed by atoms with E-state index in [1.807, 2.05) is 0 Å². The fourth-order valence-electron chi connectivity index (χ4n) is 2.08. The lowest BCUT2D eigenvalue weighted by molar-refractivity contribution is -0.137. The lowest BCUT2D eigenvalue weighted by Gasteiger charge is -2.07. The Bertz CT molecular complexity index is 456.